The molecule has 2 fully saturated rings. The van der Waals surface area contributed by atoms with Crippen molar-refractivity contribution in [3.63, 3.8) is 0 Å². The predicted molar refractivity (Wildman–Crippen MR) is 114 cm³/mol. The Kier molecular flexibility index (Phi) is 5.74. The molecule has 29 heavy (non-hydrogen) atoms. The zero-order chi connectivity index (χ0) is 20.4. The van der Waals surface area contributed by atoms with Gasteiger partial charge in [0.2, 0.25) is 5.91 Å². The number of carbonyl (C=O) groups excluding carboxylic acids is 2. The zero-order valence-corrected chi connectivity index (χ0v) is 17.1. The topological polar surface area (TPSA) is 53.1 Å². The van der Waals surface area contributed by atoms with E-state index in [9.17, 15) is 9.59 Å². The predicted octanol–water partition coefficient (Wildman–Crippen LogP) is 3.19. The van der Waals surface area contributed by atoms with Crippen LogP contribution in [0.5, 0.6) is 5.75 Å². The average molecular weight is 414 g/mol. The minimum atomic E-state index is -0.393. The van der Waals surface area contributed by atoms with Crippen molar-refractivity contribution in [3.05, 3.63) is 53.6 Å². The van der Waals surface area contributed by atoms with Crippen LogP contribution >= 0.6 is 11.6 Å². The highest BCUT2D eigenvalue weighted by molar-refractivity contribution is 6.30. The standard InChI is InChI=1S/C22H24ClN3O3/c1-2-29-19-8-6-17(7-9-19)26-21(27)15-20(22(26)28)25-12-10-24(11-13-25)18-5-3-4-16(23)14-18/h3-9,14,20H,2,10-13,15H2,1H3/t20-/m1/s1. The van der Waals surface area contributed by atoms with Crippen molar-refractivity contribution in [2.75, 3.05) is 42.6 Å². The van der Waals surface area contributed by atoms with Gasteiger partial charge in [0.1, 0.15) is 5.75 Å². The Labute approximate surface area is 175 Å². The molecule has 2 aliphatic rings. The number of nitrogens with zero attached hydrogens (tertiary/aromatic N) is 3. The van der Waals surface area contributed by atoms with E-state index in [0.717, 1.165) is 37.6 Å². The highest BCUT2D eigenvalue weighted by atomic mass is 35.5. The van der Waals surface area contributed by atoms with Gasteiger partial charge in [0.25, 0.3) is 5.91 Å². The summed E-state index contributed by atoms with van der Waals surface area (Å²) < 4.78 is 5.44. The first kappa shape index (κ1) is 19.7. The first-order valence-corrected chi connectivity index (χ1v) is 10.3. The molecule has 0 radical (unpaired) electrons. The number of anilines is 2. The molecule has 0 aliphatic carbocycles. The van der Waals surface area contributed by atoms with Gasteiger partial charge in [0, 0.05) is 36.9 Å². The maximum absolute atomic E-state index is 13.0. The molecule has 2 aliphatic heterocycles. The molecule has 0 unspecified atom stereocenters. The summed E-state index contributed by atoms with van der Waals surface area (Å²) in [4.78, 5) is 31.3. The summed E-state index contributed by atoms with van der Waals surface area (Å²) in [5.41, 5.74) is 1.69. The Bertz CT molecular complexity index is 894. The van der Waals surface area contributed by atoms with E-state index >= 15 is 0 Å². The lowest BCUT2D eigenvalue weighted by Gasteiger charge is -2.38. The summed E-state index contributed by atoms with van der Waals surface area (Å²) in [7, 11) is 0. The van der Waals surface area contributed by atoms with Crippen LogP contribution in [0.4, 0.5) is 11.4 Å². The first-order valence-electron chi connectivity index (χ1n) is 9.91. The van der Waals surface area contributed by atoms with Gasteiger partial charge in [-0.3, -0.25) is 14.5 Å². The summed E-state index contributed by atoms with van der Waals surface area (Å²) >= 11 is 6.10. The highest BCUT2D eigenvalue weighted by Gasteiger charge is 2.43. The second kappa shape index (κ2) is 8.43. The van der Waals surface area contributed by atoms with E-state index < -0.39 is 6.04 Å². The second-order valence-electron chi connectivity index (χ2n) is 7.22. The maximum atomic E-state index is 13.0. The third-order valence-corrected chi connectivity index (χ3v) is 5.69. The molecule has 6 nitrogen and oxygen atoms in total. The van der Waals surface area contributed by atoms with E-state index in [0.29, 0.717) is 17.3 Å². The van der Waals surface area contributed by atoms with E-state index in [1.807, 2.05) is 31.2 Å². The Morgan fingerprint density at radius 1 is 1.00 bits per heavy atom. The van der Waals surface area contributed by atoms with Crippen LogP contribution in [-0.2, 0) is 9.59 Å². The third kappa shape index (κ3) is 4.09. The van der Waals surface area contributed by atoms with Crippen LogP contribution in [0, 0.1) is 0 Å². The number of benzene rings is 2. The third-order valence-electron chi connectivity index (χ3n) is 5.46. The Balaban J connectivity index is 1.41. The van der Waals surface area contributed by atoms with Crippen LogP contribution in [-0.4, -0.2) is 55.5 Å². The normalized spacial score (nSPS) is 20.4. The fourth-order valence-corrected chi connectivity index (χ4v) is 4.18. The molecular formula is C22H24ClN3O3. The van der Waals surface area contributed by atoms with Crippen molar-refractivity contribution in [1.82, 2.24) is 4.90 Å². The van der Waals surface area contributed by atoms with Crippen molar-refractivity contribution in [3.8, 4) is 5.75 Å². The Morgan fingerprint density at radius 2 is 1.72 bits per heavy atom. The van der Waals surface area contributed by atoms with Crippen LogP contribution in [0.2, 0.25) is 5.02 Å². The highest BCUT2D eigenvalue weighted by Crippen LogP contribution is 2.29. The molecule has 0 aromatic heterocycles. The number of piperazine rings is 1. The molecule has 0 N–H and O–H groups in total. The molecule has 2 aromatic rings. The van der Waals surface area contributed by atoms with Crippen LogP contribution in [0.25, 0.3) is 0 Å². The molecule has 0 spiro atoms. The van der Waals surface area contributed by atoms with Gasteiger partial charge in [0.15, 0.2) is 0 Å². The lowest BCUT2D eigenvalue weighted by atomic mass is 10.1. The van der Waals surface area contributed by atoms with Gasteiger partial charge < -0.3 is 9.64 Å². The lowest BCUT2D eigenvalue weighted by Crippen LogP contribution is -2.52. The molecule has 152 valence electrons. The Morgan fingerprint density at radius 3 is 2.38 bits per heavy atom. The molecule has 0 bridgehead atoms. The van der Waals surface area contributed by atoms with E-state index in [4.69, 9.17) is 16.3 Å². The molecule has 4 rings (SSSR count). The number of imide groups is 1. The molecule has 7 heteroatoms. The van der Waals surface area contributed by atoms with Crippen LogP contribution in [0.3, 0.4) is 0 Å². The maximum Gasteiger partial charge on any atom is 0.251 e. The van der Waals surface area contributed by atoms with E-state index in [1.54, 1.807) is 24.3 Å². The SMILES string of the molecule is CCOc1ccc(N2C(=O)C[C@@H](N3CCN(c4cccc(Cl)c4)CC3)C2=O)cc1. The number of hydrogen-bond donors (Lipinski definition) is 0. The molecule has 2 heterocycles. The van der Waals surface area contributed by atoms with Crippen molar-refractivity contribution in [2.45, 2.75) is 19.4 Å². The van der Waals surface area contributed by atoms with Crippen molar-refractivity contribution < 1.29 is 14.3 Å². The van der Waals surface area contributed by atoms with Crippen LogP contribution in [0.1, 0.15) is 13.3 Å². The van der Waals surface area contributed by atoms with Gasteiger partial charge >= 0.3 is 0 Å². The summed E-state index contributed by atoms with van der Waals surface area (Å²) in [6.07, 6.45) is 0.225. The number of halogens is 1. The van der Waals surface area contributed by atoms with Gasteiger partial charge in [0.05, 0.1) is 24.8 Å². The molecule has 2 saturated heterocycles. The number of amides is 2. The summed E-state index contributed by atoms with van der Waals surface area (Å²) in [6.45, 7) is 5.53. The minimum absolute atomic E-state index is 0.143. The lowest BCUT2D eigenvalue weighted by molar-refractivity contribution is -0.123. The number of hydrogen-bond acceptors (Lipinski definition) is 5. The zero-order valence-electron chi connectivity index (χ0n) is 16.4. The van der Waals surface area contributed by atoms with Gasteiger partial charge in [-0.05, 0) is 49.4 Å². The van der Waals surface area contributed by atoms with Crippen molar-refractivity contribution >= 4 is 34.8 Å². The fourth-order valence-electron chi connectivity index (χ4n) is 4.00. The summed E-state index contributed by atoms with van der Waals surface area (Å²) in [6, 6.07) is 14.5. The van der Waals surface area contributed by atoms with Crippen molar-refractivity contribution in [2.24, 2.45) is 0 Å². The van der Waals surface area contributed by atoms with Gasteiger partial charge in [-0.1, -0.05) is 17.7 Å². The van der Waals surface area contributed by atoms with Crippen LogP contribution in [0.15, 0.2) is 48.5 Å². The quantitative estimate of drug-likeness (QED) is 0.704. The van der Waals surface area contributed by atoms with E-state index in [1.165, 1.54) is 4.90 Å². The molecule has 2 amide bonds. The second-order valence-corrected chi connectivity index (χ2v) is 7.65. The molecule has 1 atom stereocenters. The van der Waals surface area contributed by atoms with Gasteiger partial charge in [-0.2, -0.15) is 0 Å². The fraction of sp³-hybridized carbons (Fsp3) is 0.364. The average Bonchev–Trinajstić information content (AvgIpc) is 3.03. The minimum Gasteiger partial charge on any atom is -0.494 e. The number of carbonyl (C=O) groups is 2. The monoisotopic (exact) mass is 413 g/mol. The van der Waals surface area contributed by atoms with E-state index in [2.05, 4.69) is 9.80 Å². The Hall–Kier alpha value is -2.57. The smallest absolute Gasteiger partial charge is 0.251 e. The van der Waals surface area contributed by atoms with Gasteiger partial charge in [-0.15, -0.1) is 0 Å². The molecule has 0 saturated carbocycles. The first-order chi connectivity index (χ1) is 14.1. The van der Waals surface area contributed by atoms with Crippen molar-refractivity contribution in [1.29, 1.82) is 0 Å². The van der Waals surface area contributed by atoms with Crippen LogP contribution < -0.4 is 14.5 Å². The number of ether oxygens (including phenoxy) is 1. The van der Waals surface area contributed by atoms with Gasteiger partial charge in [-0.25, -0.2) is 4.90 Å². The number of rotatable bonds is 5. The van der Waals surface area contributed by atoms with E-state index in [-0.39, 0.29) is 18.2 Å². The largest absolute Gasteiger partial charge is 0.494 e. The molecular weight excluding hydrogens is 390 g/mol. The summed E-state index contributed by atoms with van der Waals surface area (Å²) in [5, 5.41) is 0.715. The summed E-state index contributed by atoms with van der Waals surface area (Å²) in [5.74, 6) is 0.431. The molecule has 2 aromatic carbocycles.